The number of halogens is 4. The van der Waals surface area contributed by atoms with Gasteiger partial charge in [-0.1, -0.05) is 41.4 Å². The highest BCUT2D eigenvalue weighted by Gasteiger charge is 2.28. The van der Waals surface area contributed by atoms with Gasteiger partial charge in [0, 0.05) is 37.1 Å². The second kappa shape index (κ2) is 7.63. The van der Waals surface area contributed by atoms with Gasteiger partial charge in [-0.05, 0) is 42.3 Å². The average molecular weight is 407 g/mol. The number of hydrogen-bond acceptors (Lipinski definition) is 1. The van der Waals surface area contributed by atoms with Gasteiger partial charge in [0.2, 0.25) is 0 Å². The molecule has 6 heteroatoms. The van der Waals surface area contributed by atoms with Crippen LogP contribution < -0.4 is 0 Å². The van der Waals surface area contributed by atoms with Crippen molar-refractivity contribution in [3.63, 3.8) is 0 Å². The predicted octanol–water partition coefficient (Wildman–Crippen LogP) is 6.07. The summed E-state index contributed by atoms with van der Waals surface area (Å²) in [5.74, 6) is -1.61. The molecule has 140 valence electrons. The fourth-order valence-corrected chi connectivity index (χ4v) is 4.07. The van der Waals surface area contributed by atoms with Gasteiger partial charge in [-0.15, -0.1) is 0 Å². The molecule has 0 saturated carbocycles. The van der Waals surface area contributed by atoms with E-state index >= 15 is 0 Å². The van der Waals surface area contributed by atoms with Crippen molar-refractivity contribution in [2.45, 2.75) is 25.6 Å². The number of aromatic nitrogens is 1. The van der Waals surface area contributed by atoms with Crippen LogP contribution in [0.1, 0.15) is 29.3 Å². The molecule has 0 fully saturated rings. The highest BCUT2D eigenvalue weighted by Crippen LogP contribution is 2.36. The molecule has 2 nitrogen and oxygen atoms in total. The topological polar surface area (TPSA) is 8.17 Å². The van der Waals surface area contributed by atoms with Gasteiger partial charge in [0.25, 0.3) is 0 Å². The lowest BCUT2D eigenvalue weighted by molar-refractivity contribution is 0.216. The van der Waals surface area contributed by atoms with Crippen molar-refractivity contribution in [3.8, 4) is 0 Å². The maximum atomic E-state index is 14.3. The molecule has 0 saturated heterocycles. The molecule has 0 radical (unpaired) electrons. The smallest absolute Gasteiger partial charge is 0.163 e. The molecule has 0 amide bonds. The molecule has 0 aliphatic carbocycles. The minimum atomic E-state index is -0.822. The van der Waals surface area contributed by atoms with Crippen molar-refractivity contribution >= 4 is 23.2 Å². The zero-order chi connectivity index (χ0) is 19.0. The van der Waals surface area contributed by atoms with E-state index in [1.54, 1.807) is 18.2 Å². The summed E-state index contributed by atoms with van der Waals surface area (Å²) in [7, 11) is 0. The van der Waals surface area contributed by atoms with Gasteiger partial charge >= 0.3 is 0 Å². The summed E-state index contributed by atoms with van der Waals surface area (Å²) in [5, 5.41) is 0.973. The molecule has 0 N–H and O–H groups in total. The molecule has 27 heavy (non-hydrogen) atoms. The summed E-state index contributed by atoms with van der Waals surface area (Å²) in [4.78, 5) is 2.16. The van der Waals surface area contributed by atoms with Gasteiger partial charge in [-0.2, -0.15) is 0 Å². The molecular weight excluding hydrogens is 389 g/mol. The molecule has 0 unspecified atom stereocenters. The van der Waals surface area contributed by atoms with E-state index in [1.165, 1.54) is 0 Å². The molecule has 2 heterocycles. The Balaban J connectivity index is 1.78. The van der Waals surface area contributed by atoms with Gasteiger partial charge in [0.1, 0.15) is 0 Å². The largest absolute Gasteiger partial charge is 0.350 e. The summed E-state index contributed by atoms with van der Waals surface area (Å²) in [6, 6.07) is 13.8. The second-order valence-corrected chi connectivity index (χ2v) is 7.55. The van der Waals surface area contributed by atoms with Crippen molar-refractivity contribution in [1.82, 2.24) is 9.47 Å². The van der Waals surface area contributed by atoms with Crippen LogP contribution in [0, 0.1) is 11.6 Å². The van der Waals surface area contributed by atoms with Gasteiger partial charge in [-0.25, -0.2) is 8.78 Å². The molecule has 1 atom stereocenters. The van der Waals surface area contributed by atoms with E-state index < -0.39 is 11.6 Å². The Bertz CT molecular complexity index is 971. The van der Waals surface area contributed by atoms with E-state index in [2.05, 4.69) is 15.5 Å². The molecule has 1 aliphatic heterocycles. The van der Waals surface area contributed by atoms with Crippen LogP contribution in [0.25, 0.3) is 0 Å². The van der Waals surface area contributed by atoms with Gasteiger partial charge in [-0.3, -0.25) is 4.90 Å². The molecule has 0 bridgehead atoms. The number of rotatable bonds is 3. The number of benzene rings is 2. The van der Waals surface area contributed by atoms with Gasteiger partial charge in [0.15, 0.2) is 11.6 Å². The quantitative estimate of drug-likeness (QED) is 0.512. The van der Waals surface area contributed by atoms with E-state index in [4.69, 9.17) is 23.2 Å². The molecule has 3 aromatic rings. The number of aryl methyl sites for hydroxylation is 1. The van der Waals surface area contributed by atoms with Crippen molar-refractivity contribution in [2.24, 2.45) is 0 Å². The molecule has 1 aliphatic rings. The van der Waals surface area contributed by atoms with Gasteiger partial charge in [0.05, 0.1) is 16.1 Å². The van der Waals surface area contributed by atoms with E-state index in [1.807, 2.05) is 24.4 Å². The minimum Gasteiger partial charge on any atom is -0.350 e. The fraction of sp³-hybridized carbons (Fsp3) is 0.238. The number of hydrogen-bond donors (Lipinski definition) is 0. The van der Waals surface area contributed by atoms with E-state index in [-0.39, 0.29) is 6.04 Å². The summed E-state index contributed by atoms with van der Waals surface area (Å²) >= 11 is 12.4. The Labute approximate surface area is 166 Å². The van der Waals surface area contributed by atoms with Crippen LogP contribution in [0.15, 0.2) is 54.7 Å². The van der Waals surface area contributed by atoms with Crippen LogP contribution in [-0.2, 0) is 13.1 Å². The Morgan fingerprint density at radius 2 is 1.81 bits per heavy atom. The second-order valence-electron chi connectivity index (χ2n) is 6.74. The third-order valence-electron chi connectivity index (χ3n) is 5.02. The molecular formula is C21H18Cl2F2N2. The first kappa shape index (κ1) is 18.5. The van der Waals surface area contributed by atoms with Crippen LogP contribution in [0.4, 0.5) is 8.78 Å². The van der Waals surface area contributed by atoms with Crippen molar-refractivity contribution in [3.05, 3.63) is 93.2 Å². The summed E-state index contributed by atoms with van der Waals surface area (Å²) in [6.07, 6.45) is 2.96. The normalized spacial score (nSPS) is 17.6. The first-order chi connectivity index (χ1) is 13.0. The first-order valence-electron chi connectivity index (χ1n) is 8.81. The highest BCUT2D eigenvalue weighted by atomic mass is 35.5. The SMILES string of the molecule is Fc1cccc(CN2CCCn3cccc3[C@@H]2c2ccc(Cl)c(Cl)c2)c1F. The van der Waals surface area contributed by atoms with Crippen molar-refractivity contribution < 1.29 is 8.78 Å². The van der Waals surface area contributed by atoms with Crippen LogP contribution in [0.5, 0.6) is 0 Å². The van der Waals surface area contributed by atoms with Crippen LogP contribution in [0.3, 0.4) is 0 Å². The summed E-state index contributed by atoms with van der Waals surface area (Å²) in [6.45, 7) is 1.94. The lowest BCUT2D eigenvalue weighted by atomic mass is 10.0. The Morgan fingerprint density at radius 3 is 2.63 bits per heavy atom. The van der Waals surface area contributed by atoms with Crippen LogP contribution >= 0.6 is 23.2 Å². The Hall–Kier alpha value is -1.88. The molecule has 2 aromatic carbocycles. The van der Waals surface area contributed by atoms with Crippen molar-refractivity contribution in [2.75, 3.05) is 6.54 Å². The van der Waals surface area contributed by atoms with E-state index in [0.717, 1.165) is 36.8 Å². The zero-order valence-electron chi connectivity index (χ0n) is 14.5. The number of nitrogens with zero attached hydrogens (tertiary/aromatic N) is 2. The minimum absolute atomic E-state index is 0.125. The zero-order valence-corrected chi connectivity index (χ0v) is 16.0. The maximum absolute atomic E-state index is 14.3. The van der Waals surface area contributed by atoms with Crippen molar-refractivity contribution in [1.29, 1.82) is 0 Å². The lowest BCUT2D eigenvalue weighted by Crippen LogP contribution is -2.30. The van der Waals surface area contributed by atoms with E-state index in [9.17, 15) is 8.78 Å². The summed E-state index contributed by atoms with van der Waals surface area (Å²) < 4.78 is 30.2. The average Bonchev–Trinajstić information content (AvgIpc) is 3.03. The molecule has 0 spiro atoms. The first-order valence-corrected chi connectivity index (χ1v) is 9.57. The van der Waals surface area contributed by atoms with Crippen LogP contribution in [0.2, 0.25) is 10.0 Å². The standard InChI is InChI=1S/C21H18Cl2F2N2/c22-16-8-7-14(12-17(16)23)21-19-6-2-9-26(19)10-3-11-27(21)13-15-4-1-5-18(24)20(15)25/h1-2,4-9,12,21H,3,10-11,13H2/t21-/m0/s1. The Kier molecular flexibility index (Phi) is 5.22. The fourth-order valence-electron chi connectivity index (χ4n) is 3.76. The molecule has 1 aromatic heterocycles. The van der Waals surface area contributed by atoms with E-state index in [0.29, 0.717) is 22.2 Å². The number of fused-ring (bicyclic) bond motifs is 1. The lowest BCUT2D eigenvalue weighted by Gasteiger charge is -2.31. The Morgan fingerprint density at radius 1 is 0.963 bits per heavy atom. The predicted molar refractivity (Wildman–Crippen MR) is 104 cm³/mol. The third-order valence-corrected chi connectivity index (χ3v) is 5.76. The highest BCUT2D eigenvalue weighted by molar-refractivity contribution is 6.42. The van der Waals surface area contributed by atoms with Crippen LogP contribution in [-0.4, -0.2) is 16.0 Å². The third kappa shape index (κ3) is 3.62. The molecule has 4 rings (SSSR count). The van der Waals surface area contributed by atoms with Gasteiger partial charge < -0.3 is 4.57 Å². The summed E-state index contributed by atoms with van der Waals surface area (Å²) in [5.41, 5.74) is 2.42. The maximum Gasteiger partial charge on any atom is 0.163 e. The monoisotopic (exact) mass is 406 g/mol.